The highest BCUT2D eigenvalue weighted by molar-refractivity contribution is 5.35. The molecule has 0 aromatic heterocycles. The number of ether oxygens (including phenoxy) is 1. The lowest BCUT2D eigenvalue weighted by molar-refractivity contribution is -0.322. The highest BCUT2D eigenvalue weighted by Gasteiger charge is 2.50. The van der Waals surface area contributed by atoms with E-state index in [9.17, 15) is 5.11 Å². The molecule has 1 aromatic carbocycles. The molecule has 94 valence electrons. The molecule has 1 heterocycles. The van der Waals surface area contributed by atoms with E-state index < -0.39 is 5.79 Å². The van der Waals surface area contributed by atoms with E-state index in [2.05, 4.69) is 6.07 Å². The van der Waals surface area contributed by atoms with Gasteiger partial charge in [-0.2, -0.15) is 0 Å². The topological polar surface area (TPSA) is 29.5 Å². The molecule has 1 unspecified atom stereocenters. The van der Waals surface area contributed by atoms with Crippen LogP contribution in [0.25, 0.3) is 0 Å². The highest BCUT2D eigenvalue weighted by atomic mass is 16.6. The largest absolute Gasteiger partial charge is 0.361 e. The van der Waals surface area contributed by atoms with Crippen LogP contribution in [-0.2, 0) is 16.9 Å². The van der Waals surface area contributed by atoms with Crippen molar-refractivity contribution >= 4 is 0 Å². The molecule has 0 spiro atoms. The minimum atomic E-state index is -1.22. The average molecular weight is 234 g/mol. The number of rotatable bonds is 0. The summed E-state index contributed by atoms with van der Waals surface area (Å²) in [5.74, 6) is -1.22. The molecule has 0 saturated carbocycles. The summed E-state index contributed by atoms with van der Waals surface area (Å²) in [5.41, 5.74) is 1.39. The maximum atomic E-state index is 11.0. The SMILES string of the molecule is CC1(C)Cc2ccccc2C(O)(C(C)(C)C)O1. The Morgan fingerprint density at radius 2 is 1.76 bits per heavy atom. The Hall–Kier alpha value is -0.860. The Morgan fingerprint density at radius 3 is 2.35 bits per heavy atom. The third kappa shape index (κ3) is 2.00. The summed E-state index contributed by atoms with van der Waals surface area (Å²) in [4.78, 5) is 0. The Balaban J connectivity index is 2.62. The first-order valence-corrected chi connectivity index (χ1v) is 6.17. The molecule has 1 N–H and O–H groups in total. The Morgan fingerprint density at radius 1 is 1.18 bits per heavy atom. The monoisotopic (exact) mass is 234 g/mol. The summed E-state index contributed by atoms with van der Waals surface area (Å²) in [6, 6.07) is 8.02. The first kappa shape index (κ1) is 12.6. The van der Waals surface area contributed by atoms with E-state index in [0.29, 0.717) is 0 Å². The number of hydrogen-bond acceptors (Lipinski definition) is 2. The molecule has 2 rings (SSSR count). The standard InChI is InChI=1S/C15H22O2/c1-13(2,3)15(16)12-9-7-6-8-11(12)10-14(4,5)17-15/h6-9,16H,10H2,1-5H3. The van der Waals surface area contributed by atoms with Gasteiger partial charge in [-0.25, -0.2) is 0 Å². The van der Waals surface area contributed by atoms with Gasteiger partial charge in [0.1, 0.15) is 0 Å². The van der Waals surface area contributed by atoms with Crippen LogP contribution in [-0.4, -0.2) is 10.7 Å². The first-order chi connectivity index (χ1) is 7.66. The summed E-state index contributed by atoms with van der Waals surface area (Å²) in [7, 11) is 0. The summed E-state index contributed by atoms with van der Waals surface area (Å²) < 4.78 is 6.01. The Labute approximate surface area is 104 Å². The molecule has 2 heteroatoms. The first-order valence-electron chi connectivity index (χ1n) is 6.17. The van der Waals surface area contributed by atoms with Gasteiger partial charge in [-0.05, 0) is 19.4 Å². The second-order valence-electron chi connectivity index (χ2n) is 6.59. The summed E-state index contributed by atoms with van der Waals surface area (Å²) in [6.07, 6.45) is 0.835. The minimum Gasteiger partial charge on any atom is -0.361 e. The molecule has 0 saturated heterocycles. The van der Waals surface area contributed by atoms with Crippen LogP contribution in [0.15, 0.2) is 24.3 Å². The summed E-state index contributed by atoms with van der Waals surface area (Å²) in [6.45, 7) is 10.1. The quantitative estimate of drug-likeness (QED) is 0.746. The van der Waals surface area contributed by atoms with Gasteiger partial charge in [0, 0.05) is 17.4 Å². The predicted molar refractivity (Wildman–Crippen MR) is 68.7 cm³/mol. The van der Waals surface area contributed by atoms with Gasteiger partial charge in [-0.15, -0.1) is 0 Å². The second-order valence-corrected chi connectivity index (χ2v) is 6.59. The molecule has 1 aliphatic heterocycles. The van der Waals surface area contributed by atoms with E-state index >= 15 is 0 Å². The van der Waals surface area contributed by atoms with Gasteiger partial charge in [-0.1, -0.05) is 45.0 Å². The molecule has 2 nitrogen and oxygen atoms in total. The lowest BCUT2D eigenvalue weighted by Gasteiger charge is -2.49. The maximum Gasteiger partial charge on any atom is 0.198 e. The van der Waals surface area contributed by atoms with Crippen LogP contribution >= 0.6 is 0 Å². The fourth-order valence-corrected chi connectivity index (χ4v) is 2.51. The molecule has 0 bridgehead atoms. The van der Waals surface area contributed by atoms with Gasteiger partial charge in [0.05, 0.1) is 5.60 Å². The minimum absolute atomic E-state index is 0.337. The lowest BCUT2D eigenvalue weighted by Crippen LogP contribution is -2.52. The van der Waals surface area contributed by atoms with E-state index in [1.807, 2.05) is 52.8 Å². The van der Waals surface area contributed by atoms with Crippen LogP contribution in [0.2, 0.25) is 0 Å². The summed E-state index contributed by atoms with van der Waals surface area (Å²) in [5, 5.41) is 11.0. The lowest BCUT2D eigenvalue weighted by atomic mass is 9.75. The number of fused-ring (bicyclic) bond motifs is 1. The Kier molecular flexibility index (Phi) is 2.64. The third-order valence-electron chi connectivity index (χ3n) is 3.44. The molecule has 0 fully saturated rings. The van der Waals surface area contributed by atoms with Crippen molar-refractivity contribution in [3.05, 3.63) is 35.4 Å². The van der Waals surface area contributed by atoms with Crippen LogP contribution in [0.1, 0.15) is 45.7 Å². The van der Waals surface area contributed by atoms with E-state index in [0.717, 1.165) is 12.0 Å². The summed E-state index contributed by atoms with van der Waals surface area (Å²) >= 11 is 0. The highest BCUT2D eigenvalue weighted by Crippen LogP contribution is 2.48. The molecule has 17 heavy (non-hydrogen) atoms. The van der Waals surface area contributed by atoms with E-state index in [-0.39, 0.29) is 11.0 Å². The zero-order chi connectivity index (χ0) is 12.9. The van der Waals surface area contributed by atoms with Crippen molar-refractivity contribution in [2.45, 2.75) is 52.4 Å². The van der Waals surface area contributed by atoms with Crippen molar-refractivity contribution in [3.8, 4) is 0 Å². The fourth-order valence-electron chi connectivity index (χ4n) is 2.51. The fraction of sp³-hybridized carbons (Fsp3) is 0.600. The van der Waals surface area contributed by atoms with Crippen LogP contribution in [0, 0.1) is 5.41 Å². The average Bonchev–Trinajstić information content (AvgIpc) is 2.14. The Bertz CT molecular complexity index is 429. The number of hydrogen-bond donors (Lipinski definition) is 1. The van der Waals surface area contributed by atoms with Crippen LogP contribution < -0.4 is 0 Å². The zero-order valence-electron chi connectivity index (χ0n) is 11.4. The zero-order valence-corrected chi connectivity index (χ0v) is 11.4. The normalized spacial score (nSPS) is 27.6. The molecule has 0 aliphatic carbocycles. The number of benzene rings is 1. The van der Waals surface area contributed by atoms with Gasteiger partial charge >= 0.3 is 0 Å². The van der Waals surface area contributed by atoms with Crippen molar-refractivity contribution in [2.24, 2.45) is 5.41 Å². The molecule has 0 amide bonds. The predicted octanol–water partition coefficient (Wildman–Crippen LogP) is 3.23. The van der Waals surface area contributed by atoms with Gasteiger partial charge < -0.3 is 9.84 Å². The van der Waals surface area contributed by atoms with Crippen LogP contribution in [0.5, 0.6) is 0 Å². The third-order valence-corrected chi connectivity index (χ3v) is 3.44. The van der Waals surface area contributed by atoms with E-state index in [1.165, 1.54) is 5.56 Å². The van der Waals surface area contributed by atoms with E-state index in [4.69, 9.17) is 4.74 Å². The van der Waals surface area contributed by atoms with Crippen LogP contribution in [0.4, 0.5) is 0 Å². The van der Waals surface area contributed by atoms with Crippen LogP contribution in [0.3, 0.4) is 0 Å². The molecule has 0 radical (unpaired) electrons. The van der Waals surface area contributed by atoms with Crippen molar-refractivity contribution in [2.75, 3.05) is 0 Å². The smallest absolute Gasteiger partial charge is 0.198 e. The molecule has 1 aliphatic rings. The molecule has 1 aromatic rings. The second kappa shape index (κ2) is 3.56. The van der Waals surface area contributed by atoms with Gasteiger partial charge in [0.2, 0.25) is 0 Å². The van der Waals surface area contributed by atoms with Crippen molar-refractivity contribution in [3.63, 3.8) is 0 Å². The molecular formula is C15H22O2. The van der Waals surface area contributed by atoms with Gasteiger partial charge in [-0.3, -0.25) is 0 Å². The van der Waals surface area contributed by atoms with Gasteiger partial charge in [0.25, 0.3) is 0 Å². The maximum absolute atomic E-state index is 11.0. The van der Waals surface area contributed by atoms with Gasteiger partial charge in [0.15, 0.2) is 5.79 Å². The molecular weight excluding hydrogens is 212 g/mol. The van der Waals surface area contributed by atoms with E-state index in [1.54, 1.807) is 0 Å². The van der Waals surface area contributed by atoms with Crippen molar-refractivity contribution in [1.82, 2.24) is 0 Å². The molecule has 1 atom stereocenters. The van der Waals surface area contributed by atoms with Crippen molar-refractivity contribution in [1.29, 1.82) is 0 Å². The van der Waals surface area contributed by atoms with Crippen molar-refractivity contribution < 1.29 is 9.84 Å². The number of aliphatic hydroxyl groups is 1.